The van der Waals surface area contributed by atoms with Gasteiger partial charge in [0.25, 0.3) is 0 Å². The summed E-state index contributed by atoms with van der Waals surface area (Å²) >= 11 is 5.64. The fourth-order valence-electron chi connectivity index (χ4n) is 1.25. The quantitative estimate of drug-likeness (QED) is 0.884. The summed E-state index contributed by atoms with van der Waals surface area (Å²) < 4.78 is 39.6. The molecule has 0 radical (unpaired) electrons. The van der Waals surface area contributed by atoms with Gasteiger partial charge < -0.3 is 11.1 Å². The van der Waals surface area contributed by atoms with Crippen LogP contribution >= 0.6 is 11.6 Å². The zero-order valence-electron chi connectivity index (χ0n) is 8.72. The van der Waals surface area contributed by atoms with Gasteiger partial charge in [0, 0.05) is 6.07 Å². The zero-order valence-corrected chi connectivity index (χ0v) is 9.47. The predicted octanol–water partition coefficient (Wildman–Crippen LogP) is 2.87. The number of aromatic nitrogens is 2. The van der Waals surface area contributed by atoms with E-state index in [4.69, 9.17) is 17.3 Å². The molecule has 2 rings (SSSR count). The molecule has 2 aromatic rings. The molecule has 0 bridgehead atoms. The minimum Gasteiger partial charge on any atom is -0.368 e. The lowest BCUT2D eigenvalue weighted by Crippen LogP contribution is -2.04. The van der Waals surface area contributed by atoms with Crippen molar-refractivity contribution in [1.82, 2.24) is 9.97 Å². The van der Waals surface area contributed by atoms with Gasteiger partial charge in [0.15, 0.2) is 17.5 Å². The summed E-state index contributed by atoms with van der Waals surface area (Å²) in [4.78, 5) is 6.94. The SMILES string of the molecule is Nc1ncc(F)c(Nc2c(F)cc(F)cc2Cl)n1. The van der Waals surface area contributed by atoms with Crippen molar-refractivity contribution in [2.75, 3.05) is 11.1 Å². The molecule has 0 aliphatic carbocycles. The number of nitrogens with one attached hydrogen (secondary N) is 1. The van der Waals surface area contributed by atoms with Gasteiger partial charge in [0.2, 0.25) is 5.95 Å². The standard InChI is InChI=1S/C10H6ClF3N4/c11-5-1-4(12)2-6(13)8(5)17-9-7(14)3-16-10(15)18-9/h1-3H,(H3,15,16,17,18). The van der Waals surface area contributed by atoms with Crippen LogP contribution in [0.4, 0.5) is 30.6 Å². The van der Waals surface area contributed by atoms with Crippen molar-refractivity contribution in [3.8, 4) is 0 Å². The number of nitrogens with two attached hydrogens (primary N) is 1. The van der Waals surface area contributed by atoms with Crippen molar-refractivity contribution in [2.24, 2.45) is 0 Å². The highest BCUT2D eigenvalue weighted by molar-refractivity contribution is 6.33. The number of hydrogen-bond donors (Lipinski definition) is 2. The Morgan fingerprint density at radius 2 is 1.89 bits per heavy atom. The molecular weight excluding hydrogens is 269 g/mol. The smallest absolute Gasteiger partial charge is 0.222 e. The van der Waals surface area contributed by atoms with Crippen LogP contribution in [-0.4, -0.2) is 9.97 Å². The van der Waals surface area contributed by atoms with Crippen molar-refractivity contribution in [2.45, 2.75) is 0 Å². The molecule has 0 aliphatic rings. The third kappa shape index (κ3) is 2.45. The lowest BCUT2D eigenvalue weighted by atomic mass is 10.3. The molecule has 18 heavy (non-hydrogen) atoms. The molecule has 4 nitrogen and oxygen atoms in total. The third-order valence-corrected chi connectivity index (χ3v) is 2.31. The van der Waals surface area contributed by atoms with Gasteiger partial charge in [-0.05, 0) is 6.07 Å². The van der Waals surface area contributed by atoms with Gasteiger partial charge in [-0.1, -0.05) is 11.6 Å². The molecule has 0 saturated heterocycles. The van der Waals surface area contributed by atoms with E-state index in [2.05, 4.69) is 15.3 Å². The van der Waals surface area contributed by atoms with Gasteiger partial charge in [-0.15, -0.1) is 0 Å². The fraction of sp³-hybridized carbons (Fsp3) is 0. The number of rotatable bonds is 2. The van der Waals surface area contributed by atoms with Gasteiger partial charge in [-0.25, -0.2) is 18.2 Å². The first-order chi connectivity index (χ1) is 8.47. The molecule has 1 heterocycles. The largest absolute Gasteiger partial charge is 0.368 e. The van der Waals surface area contributed by atoms with Gasteiger partial charge >= 0.3 is 0 Å². The minimum atomic E-state index is -0.975. The highest BCUT2D eigenvalue weighted by Crippen LogP contribution is 2.29. The maximum Gasteiger partial charge on any atom is 0.222 e. The first-order valence-corrected chi connectivity index (χ1v) is 5.04. The highest BCUT2D eigenvalue weighted by Gasteiger charge is 2.13. The van der Waals surface area contributed by atoms with Crippen molar-refractivity contribution in [3.63, 3.8) is 0 Å². The summed E-state index contributed by atoms with van der Waals surface area (Å²) in [5, 5.41) is 2.05. The average molecular weight is 275 g/mol. The number of nitrogen functional groups attached to an aromatic ring is 1. The molecule has 1 aromatic heterocycles. The molecule has 0 atom stereocenters. The first-order valence-electron chi connectivity index (χ1n) is 4.67. The molecule has 94 valence electrons. The second-order valence-electron chi connectivity index (χ2n) is 3.29. The third-order valence-electron chi connectivity index (χ3n) is 2.01. The van der Waals surface area contributed by atoms with Crippen molar-refractivity contribution in [1.29, 1.82) is 0 Å². The van der Waals surface area contributed by atoms with Gasteiger partial charge in [-0.3, -0.25) is 0 Å². The summed E-state index contributed by atoms with van der Waals surface area (Å²) in [7, 11) is 0. The van der Waals surface area contributed by atoms with E-state index in [0.29, 0.717) is 6.07 Å². The van der Waals surface area contributed by atoms with Gasteiger partial charge in [0.1, 0.15) is 5.82 Å². The summed E-state index contributed by atoms with van der Waals surface area (Å²) in [6.45, 7) is 0. The van der Waals surface area contributed by atoms with E-state index in [-0.39, 0.29) is 22.5 Å². The van der Waals surface area contributed by atoms with Gasteiger partial charge in [-0.2, -0.15) is 4.98 Å². The Labute approximate surface area is 105 Å². The predicted molar refractivity (Wildman–Crippen MR) is 61.1 cm³/mol. The van der Waals surface area contributed by atoms with Crippen molar-refractivity contribution < 1.29 is 13.2 Å². The van der Waals surface area contributed by atoms with Crippen LogP contribution in [0.25, 0.3) is 0 Å². The number of anilines is 3. The number of halogens is 4. The highest BCUT2D eigenvalue weighted by atomic mass is 35.5. The molecule has 0 saturated carbocycles. The molecule has 0 unspecified atom stereocenters. The summed E-state index contributed by atoms with van der Waals surface area (Å²) in [6.07, 6.45) is 0.819. The van der Waals surface area contributed by atoms with E-state index in [1.807, 2.05) is 0 Å². The van der Waals surface area contributed by atoms with Crippen LogP contribution in [0.15, 0.2) is 18.3 Å². The average Bonchev–Trinajstić information content (AvgIpc) is 2.28. The summed E-state index contributed by atoms with van der Waals surface area (Å²) in [6, 6.07) is 1.49. The second kappa shape index (κ2) is 4.69. The monoisotopic (exact) mass is 274 g/mol. The van der Waals surface area contributed by atoms with Crippen LogP contribution in [0.3, 0.4) is 0 Å². The van der Waals surface area contributed by atoms with Crippen molar-refractivity contribution >= 4 is 29.1 Å². The van der Waals surface area contributed by atoms with E-state index in [0.717, 1.165) is 12.3 Å². The van der Waals surface area contributed by atoms with E-state index < -0.39 is 17.5 Å². The molecule has 0 amide bonds. The Morgan fingerprint density at radius 3 is 2.56 bits per heavy atom. The Morgan fingerprint density at radius 1 is 1.17 bits per heavy atom. The first kappa shape index (κ1) is 12.4. The minimum absolute atomic E-state index is 0.197. The second-order valence-corrected chi connectivity index (χ2v) is 3.70. The van der Waals surface area contributed by atoms with E-state index >= 15 is 0 Å². The molecule has 1 aromatic carbocycles. The van der Waals surface area contributed by atoms with Crippen LogP contribution in [0.5, 0.6) is 0 Å². The fourth-order valence-corrected chi connectivity index (χ4v) is 1.49. The Kier molecular flexibility index (Phi) is 3.24. The van der Waals surface area contributed by atoms with Gasteiger partial charge in [0.05, 0.1) is 16.9 Å². The van der Waals surface area contributed by atoms with Crippen LogP contribution in [0, 0.1) is 17.5 Å². The van der Waals surface area contributed by atoms with Crippen LogP contribution in [0.1, 0.15) is 0 Å². The van der Waals surface area contributed by atoms with E-state index in [1.54, 1.807) is 0 Å². The zero-order chi connectivity index (χ0) is 13.3. The molecule has 8 heteroatoms. The lowest BCUT2D eigenvalue weighted by Gasteiger charge is -2.09. The maximum absolute atomic E-state index is 13.4. The van der Waals surface area contributed by atoms with Crippen LogP contribution in [-0.2, 0) is 0 Å². The molecule has 3 N–H and O–H groups in total. The number of hydrogen-bond acceptors (Lipinski definition) is 4. The van der Waals surface area contributed by atoms with E-state index in [9.17, 15) is 13.2 Å². The van der Waals surface area contributed by atoms with Crippen LogP contribution in [0.2, 0.25) is 5.02 Å². The maximum atomic E-state index is 13.4. The summed E-state index contributed by atoms with van der Waals surface area (Å²) in [5.41, 5.74) is 4.97. The topological polar surface area (TPSA) is 63.8 Å². The normalized spacial score (nSPS) is 10.4. The number of benzene rings is 1. The molecule has 0 spiro atoms. The van der Waals surface area contributed by atoms with Crippen LogP contribution < -0.4 is 11.1 Å². The summed E-state index contributed by atoms with van der Waals surface area (Å²) in [5.74, 6) is -3.21. The molecule has 0 fully saturated rings. The molecular formula is C10H6ClF3N4. The lowest BCUT2D eigenvalue weighted by molar-refractivity contribution is 0.585. The van der Waals surface area contributed by atoms with E-state index in [1.165, 1.54) is 0 Å². The molecule has 0 aliphatic heterocycles. The Bertz CT molecular complexity index is 583. The Hall–Kier alpha value is -2.02. The Balaban J connectivity index is 2.43. The number of nitrogens with zero attached hydrogens (tertiary/aromatic N) is 2. The van der Waals surface area contributed by atoms with Crippen molar-refractivity contribution in [3.05, 3.63) is 40.8 Å².